The van der Waals surface area contributed by atoms with Crippen molar-refractivity contribution in [3.05, 3.63) is 78.8 Å². The Kier molecular flexibility index (Phi) is 5.91. The molecule has 5 heteroatoms. The molecule has 1 aliphatic rings. The van der Waals surface area contributed by atoms with E-state index < -0.39 is 0 Å². The third kappa shape index (κ3) is 4.12. The van der Waals surface area contributed by atoms with Gasteiger partial charge in [0.2, 0.25) is 0 Å². The van der Waals surface area contributed by atoms with Crippen LogP contribution in [0.4, 0.5) is 0 Å². The Hall–Kier alpha value is -1.25. The maximum atomic E-state index is 12.9. The van der Waals surface area contributed by atoms with Crippen LogP contribution in [0.2, 0.25) is 20.1 Å². The zero-order valence-corrected chi connectivity index (χ0v) is 16.2. The summed E-state index contributed by atoms with van der Waals surface area (Å²) in [7, 11) is 0. The van der Waals surface area contributed by atoms with Crippen molar-refractivity contribution in [3.63, 3.8) is 0 Å². The highest BCUT2D eigenvalue weighted by Gasteiger charge is 2.22. The molecule has 0 radical (unpaired) electrons. The fraction of sp³-hybridized carbons (Fsp3) is 0.150. The number of carbonyl (C=O) groups excluding carboxylic acids is 1. The zero-order valence-electron chi connectivity index (χ0n) is 13.2. The Balaban J connectivity index is 1.99. The van der Waals surface area contributed by atoms with Gasteiger partial charge in [-0.3, -0.25) is 4.79 Å². The summed E-state index contributed by atoms with van der Waals surface area (Å²) in [5.74, 6) is -0.0155. The Morgan fingerprint density at radius 1 is 0.680 bits per heavy atom. The van der Waals surface area contributed by atoms with Crippen LogP contribution in [-0.2, 0) is 4.79 Å². The second kappa shape index (κ2) is 7.97. The van der Waals surface area contributed by atoms with Gasteiger partial charge in [0, 0.05) is 42.4 Å². The number of hydrogen-bond donors (Lipinski definition) is 0. The first kappa shape index (κ1) is 18.5. The summed E-state index contributed by atoms with van der Waals surface area (Å²) in [6.07, 6.45) is 5.82. The van der Waals surface area contributed by atoms with Gasteiger partial charge in [-0.2, -0.15) is 0 Å². The van der Waals surface area contributed by atoms with Gasteiger partial charge < -0.3 is 0 Å². The lowest BCUT2D eigenvalue weighted by Gasteiger charge is -2.17. The molecule has 1 aliphatic carbocycles. The van der Waals surface area contributed by atoms with Crippen LogP contribution in [0.25, 0.3) is 12.2 Å². The summed E-state index contributed by atoms with van der Waals surface area (Å²) < 4.78 is 0. The van der Waals surface area contributed by atoms with Crippen molar-refractivity contribution in [2.45, 2.75) is 19.3 Å². The van der Waals surface area contributed by atoms with Gasteiger partial charge in [-0.15, -0.1) is 0 Å². The smallest absolute Gasteiger partial charge is 0.185 e. The number of allylic oxidation sites excluding steroid dienone is 2. The van der Waals surface area contributed by atoms with E-state index in [0.717, 1.165) is 6.42 Å². The maximum Gasteiger partial charge on any atom is 0.185 e. The van der Waals surface area contributed by atoms with Crippen LogP contribution in [-0.4, -0.2) is 5.78 Å². The molecule has 0 amide bonds. The van der Waals surface area contributed by atoms with Crippen LogP contribution < -0.4 is 0 Å². The minimum atomic E-state index is -0.0155. The van der Waals surface area contributed by atoms with Crippen LogP contribution in [0, 0.1) is 0 Å². The van der Waals surface area contributed by atoms with Gasteiger partial charge in [-0.25, -0.2) is 0 Å². The van der Waals surface area contributed by atoms with Crippen molar-refractivity contribution in [3.8, 4) is 0 Å². The van der Waals surface area contributed by atoms with E-state index in [1.807, 2.05) is 0 Å². The van der Waals surface area contributed by atoms with Gasteiger partial charge in [0.25, 0.3) is 0 Å². The van der Waals surface area contributed by atoms with Crippen LogP contribution in [0.1, 0.15) is 30.4 Å². The Labute approximate surface area is 166 Å². The molecule has 3 rings (SSSR count). The highest BCUT2D eigenvalue weighted by atomic mass is 35.5. The molecule has 0 heterocycles. The lowest BCUT2D eigenvalue weighted by atomic mass is 9.87. The molecule has 128 valence electrons. The first-order chi connectivity index (χ1) is 12.0. The largest absolute Gasteiger partial charge is 0.289 e. The molecule has 0 unspecified atom stereocenters. The molecular formula is C20H14Cl4O. The SMILES string of the molecule is O=C1/C(=C/c2c(Cl)cccc2Cl)CCC/C1=C\c1c(Cl)cccc1Cl. The second-order valence-corrected chi connectivity index (χ2v) is 7.42. The summed E-state index contributed by atoms with van der Waals surface area (Å²) >= 11 is 24.9. The van der Waals surface area contributed by atoms with Crippen LogP contribution in [0.3, 0.4) is 0 Å². The summed E-state index contributed by atoms with van der Waals surface area (Å²) in [5.41, 5.74) is 2.73. The Bertz CT molecular complexity index is 785. The van der Waals surface area contributed by atoms with E-state index in [4.69, 9.17) is 46.4 Å². The monoisotopic (exact) mass is 410 g/mol. The standard InChI is InChI=1S/C20H14Cl4O/c21-16-6-2-7-17(22)14(16)10-12-4-1-5-13(20(12)25)11-15-18(23)8-3-9-19(15)24/h2-3,6-11H,1,4-5H2/b12-10+,13-11+. The van der Waals surface area contributed by atoms with Crippen molar-refractivity contribution in [2.24, 2.45) is 0 Å². The Morgan fingerprint density at radius 3 is 1.40 bits per heavy atom. The first-order valence-corrected chi connectivity index (χ1v) is 9.32. The number of hydrogen-bond acceptors (Lipinski definition) is 1. The molecule has 2 aromatic carbocycles. The molecule has 0 aromatic heterocycles. The number of benzene rings is 2. The van der Waals surface area contributed by atoms with Gasteiger partial charge in [0.1, 0.15) is 0 Å². The van der Waals surface area contributed by atoms with Crippen molar-refractivity contribution >= 4 is 64.3 Å². The number of ketones is 1. The molecule has 0 aliphatic heterocycles. The number of halogens is 4. The lowest BCUT2D eigenvalue weighted by Crippen LogP contribution is -2.12. The average molecular weight is 412 g/mol. The van der Waals surface area contributed by atoms with Gasteiger partial charge in [0.15, 0.2) is 5.78 Å². The molecule has 0 atom stereocenters. The van der Waals surface area contributed by atoms with Gasteiger partial charge in [0.05, 0.1) is 0 Å². The van der Waals surface area contributed by atoms with Crippen molar-refractivity contribution in [1.82, 2.24) is 0 Å². The predicted molar refractivity (Wildman–Crippen MR) is 108 cm³/mol. The van der Waals surface area contributed by atoms with Gasteiger partial charge in [-0.1, -0.05) is 58.5 Å². The average Bonchev–Trinajstić information content (AvgIpc) is 2.57. The van der Waals surface area contributed by atoms with Crippen molar-refractivity contribution < 1.29 is 4.79 Å². The molecule has 2 aromatic rings. The zero-order chi connectivity index (χ0) is 18.0. The quantitative estimate of drug-likeness (QED) is 0.467. The summed E-state index contributed by atoms with van der Waals surface area (Å²) in [4.78, 5) is 12.9. The number of carbonyl (C=O) groups is 1. The molecule has 0 spiro atoms. The molecule has 0 N–H and O–H groups in total. The van der Waals surface area contributed by atoms with Crippen molar-refractivity contribution in [1.29, 1.82) is 0 Å². The van der Waals surface area contributed by atoms with Crippen LogP contribution in [0.15, 0.2) is 47.5 Å². The second-order valence-electron chi connectivity index (χ2n) is 5.79. The first-order valence-electron chi connectivity index (χ1n) is 7.81. The normalized spacial score (nSPS) is 18.2. The molecule has 0 saturated heterocycles. The molecule has 1 saturated carbocycles. The minimum absolute atomic E-state index is 0.0155. The van der Waals surface area contributed by atoms with E-state index in [9.17, 15) is 4.79 Å². The Morgan fingerprint density at radius 2 is 1.04 bits per heavy atom. The third-order valence-corrected chi connectivity index (χ3v) is 5.43. The van der Waals surface area contributed by atoms with E-state index in [1.54, 1.807) is 48.6 Å². The molecule has 0 bridgehead atoms. The highest BCUT2D eigenvalue weighted by molar-refractivity contribution is 6.38. The minimum Gasteiger partial charge on any atom is -0.289 e. The predicted octanol–water partition coefficient (Wildman–Crippen LogP) is 7.52. The molecular weight excluding hydrogens is 398 g/mol. The van der Waals surface area contributed by atoms with Crippen molar-refractivity contribution in [2.75, 3.05) is 0 Å². The maximum absolute atomic E-state index is 12.9. The fourth-order valence-electron chi connectivity index (χ4n) is 2.82. The van der Waals surface area contributed by atoms with Crippen LogP contribution >= 0.6 is 46.4 Å². The molecule has 25 heavy (non-hydrogen) atoms. The topological polar surface area (TPSA) is 17.1 Å². The molecule has 1 nitrogen and oxygen atoms in total. The van der Waals surface area contributed by atoms with E-state index in [0.29, 0.717) is 55.2 Å². The lowest BCUT2D eigenvalue weighted by molar-refractivity contribution is -0.112. The van der Waals surface area contributed by atoms with E-state index in [1.165, 1.54) is 0 Å². The highest BCUT2D eigenvalue weighted by Crippen LogP contribution is 2.34. The molecule has 1 fully saturated rings. The van der Waals surface area contributed by atoms with E-state index in [2.05, 4.69) is 0 Å². The number of Topliss-reactive ketones (excluding diaryl/α,β-unsaturated/α-hetero) is 1. The summed E-state index contributed by atoms with van der Waals surface area (Å²) in [5, 5.41) is 2.10. The summed E-state index contributed by atoms with van der Waals surface area (Å²) in [6.45, 7) is 0. The number of rotatable bonds is 2. The third-order valence-electron chi connectivity index (χ3n) is 4.11. The van der Waals surface area contributed by atoms with E-state index >= 15 is 0 Å². The van der Waals surface area contributed by atoms with E-state index in [-0.39, 0.29) is 5.78 Å². The summed E-state index contributed by atoms with van der Waals surface area (Å²) in [6, 6.07) is 10.6. The van der Waals surface area contributed by atoms with Gasteiger partial charge in [-0.05, 0) is 55.7 Å². The van der Waals surface area contributed by atoms with Crippen LogP contribution in [0.5, 0.6) is 0 Å². The fourth-order valence-corrected chi connectivity index (χ4v) is 3.84. The van der Waals surface area contributed by atoms with Gasteiger partial charge >= 0.3 is 0 Å².